The van der Waals surface area contributed by atoms with Gasteiger partial charge in [0.1, 0.15) is 5.69 Å². The van der Waals surface area contributed by atoms with Crippen molar-refractivity contribution < 1.29 is 4.79 Å². The second-order valence-corrected chi connectivity index (χ2v) is 7.73. The Kier molecular flexibility index (Phi) is 5.60. The Morgan fingerprint density at radius 1 is 1.03 bits per heavy atom. The summed E-state index contributed by atoms with van der Waals surface area (Å²) in [5.41, 5.74) is 3.99. The van der Waals surface area contributed by atoms with Crippen molar-refractivity contribution in [3.63, 3.8) is 0 Å². The van der Waals surface area contributed by atoms with E-state index in [1.165, 1.54) is 19.3 Å². The molecule has 6 nitrogen and oxygen atoms in total. The third-order valence-corrected chi connectivity index (χ3v) is 5.61. The molecule has 0 saturated carbocycles. The van der Waals surface area contributed by atoms with Crippen LogP contribution in [0.2, 0.25) is 0 Å². The predicted molar refractivity (Wildman–Crippen MR) is 117 cm³/mol. The van der Waals surface area contributed by atoms with Gasteiger partial charge in [0.2, 0.25) is 0 Å². The van der Waals surface area contributed by atoms with Crippen LogP contribution in [0.4, 0.5) is 11.4 Å². The summed E-state index contributed by atoms with van der Waals surface area (Å²) in [4.78, 5) is 29.9. The van der Waals surface area contributed by atoms with Crippen molar-refractivity contribution in [3.8, 4) is 0 Å². The molecule has 150 valence electrons. The third kappa shape index (κ3) is 4.47. The number of benzene rings is 1. The minimum Gasteiger partial charge on any atom is -0.372 e. The zero-order chi connectivity index (χ0) is 20.2. The Balaban J connectivity index is 1.50. The molecule has 4 rings (SSSR count). The number of H-pyrrole nitrogens is 1. The van der Waals surface area contributed by atoms with Gasteiger partial charge in [-0.3, -0.25) is 9.59 Å². The first-order valence-corrected chi connectivity index (χ1v) is 10.3. The molecule has 1 fully saturated rings. The molecule has 1 aliphatic carbocycles. The second kappa shape index (κ2) is 8.47. The summed E-state index contributed by atoms with van der Waals surface area (Å²) in [5, 5.41) is 10.6. The van der Waals surface area contributed by atoms with Crippen molar-refractivity contribution >= 4 is 28.6 Å². The lowest BCUT2D eigenvalue weighted by atomic mass is 9.93. The monoisotopic (exact) mass is 390 g/mol. The van der Waals surface area contributed by atoms with Gasteiger partial charge in [0.25, 0.3) is 11.5 Å². The van der Waals surface area contributed by atoms with E-state index in [-0.39, 0.29) is 17.2 Å². The zero-order valence-corrected chi connectivity index (χ0v) is 16.5. The molecule has 0 atom stereocenters. The molecule has 0 radical (unpaired) electrons. The van der Waals surface area contributed by atoms with Gasteiger partial charge in [-0.25, -0.2) is 0 Å². The number of anilines is 2. The van der Waals surface area contributed by atoms with Crippen LogP contribution in [0.15, 0.2) is 47.4 Å². The SMILES string of the molecule is N=C1C=C(c2c[nH]c(=O)c(NC(=O)c3ccc(N4CCCCC4)cc3)c2)CCC1. The number of hydrogen-bond donors (Lipinski definition) is 3. The summed E-state index contributed by atoms with van der Waals surface area (Å²) >= 11 is 0. The van der Waals surface area contributed by atoms with Crippen LogP contribution in [-0.2, 0) is 0 Å². The lowest BCUT2D eigenvalue weighted by molar-refractivity contribution is 0.102. The molecule has 1 amide bonds. The van der Waals surface area contributed by atoms with Gasteiger partial charge in [0, 0.05) is 36.2 Å². The van der Waals surface area contributed by atoms with Gasteiger partial charge in [-0.05, 0) is 86.1 Å². The van der Waals surface area contributed by atoms with Crippen LogP contribution in [0.5, 0.6) is 0 Å². The van der Waals surface area contributed by atoms with E-state index in [9.17, 15) is 9.59 Å². The number of carbonyl (C=O) groups is 1. The van der Waals surface area contributed by atoms with Crippen LogP contribution >= 0.6 is 0 Å². The molecule has 2 aliphatic rings. The molecule has 2 heterocycles. The van der Waals surface area contributed by atoms with Gasteiger partial charge < -0.3 is 20.6 Å². The molecule has 2 aromatic rings. The first-order chi connectivity index (χ1) is 14.1. The molecule has 1 aromatic heterocycles. The maximum absolute atomic E-state index is 12.7. The van der Waals surface area contributed by atoms with E-state index >= 15 is 0 Å². The number of carbonyl (C=O) groups excluding carboxylic acids is 1. The standard InChI is InChI=1S/C23H26N4O2/c24-19-6-4-5-17(13-19)18-14-21(23(29)25-15-18)26-22(28)16-7-9-20(10-8-16)27-11-2-1-3-12-27/h7-10,13-15,24H,1-6,11-12H2,(H,25,29)(H,26,28). The lowest BCUT2D eigenvalue weighted by Crippen LogP contribution is -2.29. The summed E-state index contributed by atoms with van der Waals surface area (Å²) in [6.07, 6.45) is 9.76. The molecule has 1 aromatic carbocycles. The summed E-state index contributed by atoms with van der Waals surface area (Å²) in [5.74, 6) is -0.303. The molecule has 0 spiro atoms. The first-order valence-electron chi connectivity index (χ1n) is 10.3. The highest BCUT2D eigenvalue weighted by Crippen LogP contribution is 2.26. The minimum absolute atomic E-state index is 0.227. The maximum Gasteiger partial charge on any atom is 0.271 e. The van der Waals surface area contributed by atoms with E-state index in [1.54, 1.807) is 12.3 Å². The summed E-state index contributed by atoms with van der Waals surface area (Å²) in [6.45, 7) is 2.11. The molecule has 1 aliphatic heterocycles. The Hall–Kier alpha value is -3.15. The molecule has 0 bridgehead atoms. The smallest absolute Gasteiger partial charge is 0.271 e. The van der Waals surface area contributed by atoms with Gasteiger partial charge in [0.15, 0.2) is 0 Å². The quantitative estimate of drug-likeness (QED) is 0.731. The van der Waals surface area contributed by atoms with Gasteiger partial charge in [-0.1, -0.05) is 0 Å². The Labute approximate surface area is 170 Å². The average Bonchev–Trinajstić information content (AvgIpc) is 2.76. The fourth-order valence-corrected chi connectivity index (χ4v) is 3.98. The Bertz CT molecular complexity index is 998. The highest BCUT2D eigenvalue weighted by Gasteiger charge is 2.15. The van der Waals surface area contributed by atoms with E-state index in [4.69, 9.17) is 5.41 Å². The molecule has 6 heteroatoms. The van der Waals surface area contributed by atoms with E-state index in [0.29, 0.717) is 11.3 Å². The maximum atomic E-state index is 12.7. The molecular weight excluding hydrogens is 364 g/mol. The van der Waals surface area contributed by atoms with E-state index in [0.717, 1.165) is 49.2 Å². The number of aromatic amines is 1. The number of piperidine rings is 1. The van der Waals surface area contributed by atoms with Crippen LogP contribution in [-0.4, -0.2) is 29.7 Å². The molecular formula is C23H26N4O2. The van der Waals surface area contributed by atoms with Crippen molar-refractivity contribution in [2.24, 2.45) is 0 Å². The number of nitrogens with one attached hydrogen (secondary N) is 3. The normalized spacial score (nSPS) is 17.0. The van der Waals surface area contributed by atoms with Crippen LogP contribution < -0.4 is 15.8 Å². The molecule has 1 saturated heterocycles. The minimum atomic E-state index is -0.335. The summed E-state index contributed by atoms with van der Waals surface area (Å²) in [6, 6.07) is 9.26. The Morgan fingerprint density at radius 3 is 2.52 bits per heavy atom. The highest BCUT2D eigenvalue weighted by molar-refractivity contribution is 6.05. The first kappa shape index (κ1) is 19.2. The fourth-order valence-electron chi connectivity index (χ4n) is 3.98. The van der Waals surface area contributed by atoms with Crippen LogP contribution in [0.1, 0.15) is 54.4 Å². The van der Waals surface area contributed by atoms with Gasteiger partial charge in [-0.15, -0.1) is 0 Å². The largest absolute Gasteiger partial charge is 0.372 e. The van der Waals surface area contributed by atoms with Crippen LogP contribution in [0, 0.1) is 5.41 Å². The average molecular weight is 390 g/mol. The highest BCUT2D eigenvalue weighted by atomic mass is 16.2. The van der Waals surface area contributed by atoms with Crippen molar-refractivity contribution in [1.82, 2.24) is 4.98 Å². The number of rotatable bonds is 4. The number of allylic oxidation sites excluding steroid dienone is 2. The number of aromatic nitrogens is 1. The van der Waals surface area contributed by atoms with Crippen molar-refractivity contribution in [3.05, 3.63) is 64.1 Å². The Morgan fingerprint density at radius 2 is 1.79 bits per heavy atom. The van der Waals surface area contributed by atoms with Gasteiger partial charge in [-0.2, -0.15) is 0 Å². The number of pyridine rings is 1. The topological polar surface area (TPSA) is 89.0 Å². The predicted octanol–water partition coefficient (Wildman–Crippen LogP) is 4.20. The van der Waals surface area contributed by atoms with Crippen molar-refractivity contribution in [2.45, 2.75) is 38.5 Å². The second-order valence-electron chi connectivity index (χ2n) is 7.73. The lowest BCUT2D eigenvalue weighted by Gasteiger charge is -2.28. The van der Waals surface area contributed by atoms with Crippen LogP contribution in [0.25, 0.3) is 5.57 Å². The zero-order valence-electron chi connectivity index (χ0n) is 16.5. The molecule has 29 heavy (non-hydrogen) atoms. The fraction of sp³-hybridized carbons (Fsp3) is 0.348. The summed E-state index contributed by atoms with van der Waals surface area (Å²) in [7, 11) is 0. The third-order valence-electron chi connectivity index (χ3n) is 5.61. The number of nitrogens with zero attached hydrogens (tertiary/aromatic N) is 1. The van der Waals surface area contributed by atoms with Gasteiger partial charge in [0.05, 0.1) is 0 Å². The van der Waals surface area contributed by atoms with Crippen molar-refractivity contribution in [1.29, 1.82) is 5.41 Å². The molecule has 3 N–H and O–H groups in total. The molecule has 0 unspecified atom stereocenters. The van der Waals surface area contributed by atoms with Crippen molar-refractivity contribution in [2.75, 3.05) is 23.3 Å². The number of amides is 1. The summed E-state index contributed by atoms with van der Waals surface area (Å²) < 4.78 is 0. The van der Waals surface area contributed by atoms with E-state index in [1.807, 2.05) is 30.3 Å². The van der Waals surface area contributed by atoms with E-state index in [2.05, 4.69) is 15.2 Å². The van der Waals surface area contributed by atoms with Crippen LogP contribution in [0.3, 0.4) is 0 Å². The van der Waals surface area contributed by atoms with E-state index < -0.39 is 0 Å². The van der Waals surface area contributed by atoms with Gasteiger partial charge >= 0.3 is 0 Å². The number of hydrogen-bond acceptors (Lipinski definition) is 4.